The highest BCUT2D eigenvalue weighted by Crippen LogP contribution is 2.33. The Hall–Kier alpha value is -2.15. The molecule has 6 nitrogen and oxygen atoms in total. The molecular weight excluding hydrogens is 371 g/mol. The maximum absolute atomic E-state index is 13.4. The Morgan fingerprint density at radius 1 is 1.21 bits per heavy atom. The molecule has 2 aliphatic heterocycles. The summed E-state index contributed by atoms with van der Waals surface area (Å²) >= 11 is 0. The molecule has 2 aliphatic rings. The first-order valence-corrected chi connectivity index (χ1v) is 10.8. The fourth-order valence-electron chi connectivity index (χ4n) is 4.66. The van der Waals surface area contributed by atoms with Crippen LogP contribution in [0.1, 0.15) is 44.2 Å². The van der Waals surface area contributed by atoms with Crippen molar-refractivity contribution in [1.82, 2.24) is 19.9 Å². The first kappa shape index (κ1) is 20.1. The number of rotatable bonds is 4. The smallest absolute Gasteiger partial charge is 0.319 e. The van der Waals surface area contributed by atoms with Crippen LogP contribution in [0.25, 0.3) is 11.0 Å². The minimum absolute atomic E-state index is 0.159. The quantitative estimate of drug-likeness (QED) is 0.778. The Morgan fingerprint density at radius 3 is 2.62 bits per heavy atom. The van der Waals surface area contributed by atoms with Gasteiger partial charge in [-0.1, -0.05) is 5.16 Å². The predicted molar refractivity (Wildman–Crippen MR) is 110 cm³/mol. The van der Waals surface area contributed by atoms with Crippen molar-refractivity contribution in [3.8, 4) is 0 Å². The molecule has 0 spiro atoms. The third-order valence-corrected chi connectivity index (χ3v) is 6.64. The van der Waals surface area contributed by atoms with E-state index in [-0.39, 0.29) is 11.8 Å². The van der Waals surface area contributed by atoms with E-state index in [9.17, 15) is 9.18 Å². The van der Waals surface area contributed by atoms with Gasteiger partial charge in [-0.05, 0) is 63.7 Å². The molecule has 2 fully saturated rings. The summed E-state index contributed by atoms with van der Waals surface area (Å²) in [7, 11) is 1.87. The van der Waals surface area contributed by atoms with E-state index in [1.54, 1.807) is 11.0 Å². The number of benzene rings is 1. The van der Waals surface area contributed by atoms with Crippen molar-refractivity contribution >= 4 is 17.0 Å². The van der Waals surface area contributed by atoms with E-state index in [0.29, 0.717) is 17.4 Å². The second kappa shape index (κ2) is 8.69. The highest BCUT2D eigenvalue weighted by molar-refractivity contribution is 5.79. The fraction of sp³-hybridized carbons (Fsp3) is 0.636. The number of nitrogens with zero attached hydrogens (tertiary/aromatic N) is 4. The summed E-state index contributed by atoms with van der Waals surface area (Å²) in [4.78, 5) is 18.6. The van der Waals surface area contributed by atoms with Crippen molar-refractivity contribution in [3.63, 3.8) is 0 Å². The third kappa shape index (κ3) is 4.39. The van der Waals surface area contributed by atoms with Crippen molar-refractivity contribution in [2.45, 2.75) is 38.5 Å². The average Bonchev–Trinajstić information content (AvgIpc) is 3.16. The maximum atomic E-state index is 13.4. The average molecular weight is 403 g/mol. The molecule has 29 heavy (non-hydrogen) atoms. The second-order valence-corrected chi connectivity index (χ2v) is 8.51. The lowest BCUT2D eigenvalue weighted by Gasteiger charge is -2.38. The van der Waals surface area contributed by atoms with Crippen LogP contribution in [0.5, 0.6) is 0 Å². The minimum atomic E-state index is -0.288. The van der Waals surface area contributed by atoms with Gasteiger partial charge in [0.25, 0.3) is 0 Å². The number of aromatic nitrogens is 1. The van der Waals surface area contributed by atoms with E-state index in [2.05, 4.69) is 10.1 Å². The Morgan fingerprint density at radius 2 is 1.93 bits per heavy atom. The zero-order valence-electron chi connectivity index (χ0n) is 17.4. The molecule has 158 valence electrons. The zero-order valence-corrected chi connectivity index (χ0v) is 17.4. The number of halogens is 1. The van der Waals surface area contributed by atoms with Crippen LogP contribution >= 0.6 is 0 Å². The van der Waals surface area contributed by atoms with Gasteiger partial charge in [-0.3, -0.25) is 0 Å². The minimum Gasteiger partial charge on any atom is -0.356 e. The number of likely N-dealkylation sites (tertiary alicyclic amines) is 2. The van der Waals surface area contributed by atoms with Gasteiger partial charge in [-0.25, -0.2) is 9.18 Å². The van der Waals surface area contributed by atoms with Crippen LogP contribution in [0.4, 0.5) is 9.18 Å². The van der Waals surface area contributed by atoms with Gasteiger partial charge >= 0.3 is 6.03 Å². The van der Waals surface area contributed by atoms with Crippen molar-refractivity contribution in [1.29, 1.82) is 0 Å². The molecule has 2 amide bonds. The summed E-state index contributed by atoms with van der Waals surface area (Å²) in [6.07, 6.45) is 4.28. The van der Waals surface area contributed by atoms with Crippen molar-refractivity contribution in [3.05, 3.63) is 29.7 Å². The number of urea groups is 1. The molecule has 0 N–H and O–H groups in total. The van der Waals surface area contributed by atoms with Crippen LogP contribution in [0.2, 0.25) is 0 Å². The van der Waals surface area contributed by atoms with Crippen LogP contribution in [0, 0.1) is 11.7 Å². The highest BCUT2D eigenvalue weighted by Gasteiger charge is 2.29. The molecule has 1 aromatic heterocycles. The van der Waals surface area contributed by atoms with Gasteiger partial charge in [0, 0.05) is 50.6 Å². The number of hydrogen-bond donors (Lipinski definition) is 0. The summed E-state index contributed by atoms with van der Waals surface area (Å²) in [5.74, 6) is 0.754. The first-order chi connectivity index (χ1) is 14.0. The van der Waals surface area contributed by atoms with E-state index in [0.717, 1.165) is 76.0 Å². The summed E-state index contributed by atoms with van der Waals surface area (Å²) in [6.45, 7) is 7.72. The Labute approximate surface area is 171 Å². The van der Waals surface area contributed by atoms with Crippen molar-refractivity contribution < 1.29 is 13.7 Å². The number of fused-ring (bicyclic) bond motifs is 1. The molecule has 0 aliphatic carbocycles. The van der Waals surface area contributed by atoms with Gasteiger partial charge in [-0.15, -0.1) is 0 Å². The number of carbonyl (C=O) groups is 1. The molecule has 0 bridgehead atoms. The lowest BCUT2D eigenvalue weighted by molar-refractivity contribution is 0.118. The third-order valence-electron chi connectivity index (χ3n) is 6.64. The molecule has 0 unspecified atom stereocenters. The number of piperidine rings is 2. The van der Waals surface area contributed by atoms with Crippen molar-refractivity contribution in [2.75, 3.05) is 46.3 Å². The molecule has 7 heteroatoms. The zero-order chi connectivity index (χ0) is 20.4. The molecule has 3 heterocycles. The lowest BCUT2D eigenvalue weighted by Crippen LogP contribution is -2.47. The highest BCUT2D eigenvalue weighted by atomic mass is 19.1. The largest absolute Gasteiger partial charge is 0.356 e. The van der Waals surface area contributed by atoms with Gasteiger partial charge in [-0.2, -0.15) is 0 Å². The molecule has 0 atom stereocenters. The van der Waals surface area contributed by atoms with Crippen LogP contribution in [0.15, 0.2) is 22.7 Å². The second-order valence-electron chi connectivity index (χ2n) is 8.51. The van der Waals surface area contributed by atoms with Gasteiger partial charge in [0.1, 0.15) is 5.82 Å². The lowest BCUT2D eigenvalue weighted by atomic mass is 9.90. The summed E-state index contributed by atoms with van der Waals surface area (Å²) in [5, 5.41) is 5.19. The molecule has 1 aromatic carbocycles. The SMILES string of the molecule is CCN(C)C(=O)N1CCC(CN2CCC(c3noc4cc(F)ccc34)CC2)CC1. The maximum Gasteiger partial charge on any atom is 0.319 e. The molecular formula is C22H31FN4O2. The van der Waals surface area contributed by atoms with E-state index >= 15 is 0 Å². The summed E-state index contributed by atoms with van der Waals surface area (Å²) in [5.41, 5.74) is 1.52. The monoisotopic (exact) mass is 402 g/mol. The van der Waals surface area contributed by atoms with Gasteiger partial charge in [0.05, 0.1) is 5.69 Å². The van der Waals surface area contributed by atoms with E-state index in [1.165, 1.54) is 12.1 Å². The van der Waals surface area contributed by atoms with Gasteiger partial charge in [0.2, 0.25) is 0 Å². The number of hydrogen-bond acceptors (Lipinski definition) is 4. The van der Waals surface area contributed by atoms with Crippen LogP contribution in [0.3, 0.4) is 0 Å². The molecule has 2 saturated heterocycles. The van der Waals surface area contributed by atoms with Crippen molar-refractivity contribution in [2.24, 2.45) is 5.92 Å². The topological polar surface area (TPSA) is 52.8 Å². The summed E-state index contributed by atoms with van der Waals surface area (Å²) < 4.78 is 18.7. The molecule has 4 rings (SSSR count). The molecule has 0 saturated carbocycles. The van der Waals surface area contributed by atoms with E-state index in [1.807, 2.05) is 18.9 Å². The fourth-order valence-corrected chi connectivity index (χ4v) is 4.66. The standard InChI is InChI=1S/C22H31FN4O2/c1-3-25(2)22(28)27-12-6-16(7-13-27)15-26-10-8-17(9-11-26)21-19-5-4-18(23)14-20(19)29-24-21/h4-5,14,16-17H,3,6-13,15H2,1-2H3. The van der Waals surface area contributed by atoms with E-state index < -0.39 is 0 Å². The van der Waals surface area contributed by atoms with Crippen LogP contribution < -0.4 is 0 Å². The first-order valence-electron chi connectivity index (χ1n) is 10.8. The van der Waals surface area contributed by atoms with Gasteiger partial charge in [0.15, 0.2) is 5.58 Å². The van der Waals surface area contributed by atoms with E-state index in [4.69, 9.17) is 4.52 Å². The summed E-state index contributed by atoms with van der Waals surface area (Å²) in [6, 6.07) is 4.84. The Balaban J connectivity index is 1.26. The molecule has 0 radical (unpaired) electrons. The Kier molecular flexibility index (Phi) is 6.04. The number of amides is 2. The molecule has 2 aromatic rings. The predicted octanol–water partition coefficient (Wildman–Crippen LogP) is 3.93. The normalized spacial score (nSPS) is 19.8. The van der Waals surface area contributed by atoms with Crippen LogP contribution in [-0.4, -0.2) is 72.2 Å². The number of carbonyl (C=O) groups excluding carboxylic acids is 1. The Bertz CT molecular complexity index is 838. The van der Waals surface area contributed by atoms with Gasteiger partial charge < -0.3 is 19.2 Å². The van der Waals surface area contributed by atoms with Crippen LogP contribution in [-0.2, 0) is 0 Å².